The van der Waals surface area contributed by atoms with Crippen molar-refractivity contribution in [1.82, 2.24) is 19.5 Å². The van der Waals surface area contributed by atoms with E-state index >= 15 is 0 Å². The lowest BCUT2D eigenvalue weighted by atomic mass is 9.92. The minimum absolute atomic E-state index is 0.167. The van der Waals surface area contributed by atoms with Crippen molar-refractivity contribution in [2.24, 2.45) is 5.92 Å². The highest BCUT2D eigenvalue weighted by atomic mass is 32.1. The van der Waals surface area contributed by atoms with Gasteiger partial charge in [0.05, 0.1) is 17.8 Å². The molecule has 0 saturated carbocycles. The van der Waals surface area contributed by atoms with Crippen LogP contribution in [0.4, 0.5) is 8.78 Å². The van der Waals surface area contributed by atoms with Crippen molar-refractivity contribution < 1.29 is 18.3 Å². The lowest BCUT2D eigenvalue weighted by molar-refractivity contribution is -0.145. The van der Waals surface area contributed by atoms with Crippen molar-refractivity contribution in [3.63, 3.8) is 0 Å². The van der Waals surface area contributed by atoms with Crippen LogP contribution in [0.2, 0.25) is 0 Å². The van der Waals surface area contributed by atoms with Gasteiger partial charge in [-0.25, -0.2) is 4.68 Å². The Kier molecular flexibility index (Phi) is 6.42. The predicted octanol–water partition coefficient (Wildman–Crippen LogP) is 5.40. The standard InChI is InChI=1S/C24H24F2N4O2S/c1-15(2)21(29-23(31)24(3,25)26)22(16-7-5-4-6-8-16)32-18-9-10-19-17(13-18)14-27-30(19)20-11-12-28-33-20/h4-15,21-22H,1-3H3,(H,29,31)/t21-,22+/m0/s1. The van der Waals surface area contributed by atoms with Crippen LogP contribution in [-0.4, -0.2) is 32.0 Å². The number of halogens is 2. The summed E-state index contributed by atoms with van der Waals surface area (Å²) < 4.78 is 39.6. The Labute approximate surface area is 194 Å². The quantitative estimate of drug-likeness (QED) is 0.375. The maximum Gasteiger partial charge on any atom is 0.321 e. The van der Waals surface area contributed by atoms with Crippen molar-refractivity contribution in [2.45, 2.75) is 38.8 Å². The smallest absolute Gasteiger partial charge is 0.321 e. The molecular formula is C24H24F2N4O2S. The number of nitrogens with zero attached hydrogens (tertiary/aromatic N) is 3. The third-order valence-corrected chi connectivity index (χ3v) is 6.03. The Morgan fingerprint density at radius 1 is 1.15 bits per heavy atom. The van der Waals surface area contributed by atoms with E-state index in [0.717, 1.165) is 21.5 Å². The molecule has 2 aromatic carbocycles. The van der Waals surface area contributed by atoms with Crippen molar-refractivity contribution in [1.29, 1.82) is 0 Å². The maximum absolute atomic E-state index is 13.7. The van der Waals surface area contributed by atoms with Gasteiger partial charge in [-0.3, -0.25) is 4.79 Å². The number of ether oxygens (including phenoxy) is 1. The average Bonchev–Trinajstić information content (AvgIpc) is 3.45. The van der Waals surface area contributed by atoms with Crippen LogP contribution in [-0.2, 0) is 4.79 Å². The fourth-order valence-electron chi connectivity index (χ4n) is 3.59. The van der Waals surface area contributed by atoms with Gasteiger partial charge in [-0.05, 0) is 47.3 Å². The molecule has 0 saturated heterocycles. The van der Waals surface area contributed by atoms with Gasteiger partial charge in [-0.1, -0.05) is 44.2 Å². The fourth-order valence-corrected chi connectivity index (χ4v) is 4.16. The molecule has 2 heterocycles. The van der Waals surface area contributed by atoms with Gasteiger partial charge in [-0.2, -0.15) is 18.3 Å². The van der Waals surface area contributed by atoms with Crippen LogP contribution >= 0.6 is 11.5 Å². The first-order chi connectivity index (χ1) is 15.7. The summed E-state index contributed by atoms with van der Waals surface area (Å²) in [5.74, 6) is -4.44. The van der Waals surface area contributed by atoms with E-state index in [9.17, 15) is 13.6 Å². The van der Waals surface area contributed by atoms with Gasteiger partial charge in [-0.15, -0.1) is 0 Å². The summed E-state index contributed by atoms with van der Waals surface area (Å²) >= 11 is 1.34. The van der Waals surface area contributed by atoms with Crippen molar-refractivity contribution in [3.05, 3.63) is 72.6 Å². The highest BCUT2D eigenvalue weighted by Crippen LogP contribution is 2.31. The summed E-state index contributed by atoms with van der Waals surface area (Å²) in [4.78, 5) is 12.1. The van der Waals surface area contributed by atoms with E-state index in [1.165, 1.54) is 11.5 Å². The lowest BCUT2D eigenvalue weighted by Crippen LogP contribution is -2.49. The zero-order valence-corrected chi connectivity index (χ0v) is 19.2. The molecule has 0 unspecified atom stereocenters. The number of fused-ring (bicyclic) bond motifs is 1. The number of hydrogen-bond acceptors (Lipinski definition) is 5. The second-order valence-electron chi connectivity index (χ2n) is 8.21. The molecule has 0 radical (unpaired) electrons. The number of hydrogen-bond donors (Lipinski definition) is 1. The second-order valence-corrected chi connectivity index (χ2v) is 9.02. The van der Waals surface area contributed by atoms with Gasteiger partial charge in [0, 0.05) is 18.5 Å². The number of nitrogens with one attached hydrogen (secondary N) is 1. The van der Waals surface area contributed by atoms with Crippen molar-refractivity contribution in [3.8, 4) is 10.8 Å². The molecule has 33 heavy (non-hydrogen) atoms. The Bertz CT molecular complexity index is 1220. The van der Waals surface area contributed by atoms with Crippen LogP contribution in [0.3, 0.4) is 0 Å². The summed E-state index contributed by atoms with van der Waals surface area (Å²) in [6.07, 6.45) is 2.78. The minimum atomic E-state index is -3.49. The van der Waals surface area contributed by atoms with Crippen molar-refractivity contribution >= 4 is 28.3 Å². The molecule has 2 aromatic heterocycles. The molecule has 2 atom stereocenters. The van der Waals surface area contributed by atoms with E-state index in [4.69, 9.17) is 4.74 Å². The number of carbonyl (C=O) groups is 1. The molecule has 0 fully saturated rings. The SMILES string of the molecule is CC(C)[C@H](NC(=O)C(C)(F)F)[C@H](Oc1ccc2c(cnn2-c2ccns2)c1)c1ccccc1. The Hall–Kier alpha value is -3.33. The third-order valence-electron chi connectivity index (χ3n) is 5.30. The first kappa shape index (κ1) is 22.8. The molecule has 172 valence electrons. The van der Waals surface area contributed by atoms with Gasteiger partial charge in [0.2, 0.25) is 0 Å². The Morgan fingerprint density at radius 3 is 2.55 bits per heavy atom. The van der Waals surface area contributed by atoms with E-state index in [0.29, 0.717) is 12.7 Å². The normalized spacial score (nSPS) is 13.8. The van der Waals surface area contributed by atoms with Crippen LogP contribution in [0.1, 0.15) is 32.4 Å². The maximum atomic E-state index is 13.7. The highest BCUT2D eigenvalue weighted by molar-refractivity contribution is 7.08. The summed E-state index contributed by atoms with van der Waals surface area (Å²) in [7, 11) is 0. The summed E-state index contributed by atoms with van der Waals surface area (Å²) in [6.45, 7) is 4.31. The molecule has 1 N–H and O–H groups in total. The highest BCUT2D eigenvalue weighted by Gasteiger charge is 2.37. The molecule has 0 aliphatic heterocycles. The van der Waals surface area contributed by atoms with Crippen LogP contribution in [0.25, 0.3) is 15.9 Å². The largest absolute Gasteiger partial charge is 0.484 e. The third kappa shape index (κ3) is 5.03. The van der Waals surface area contributed by atoms with E-state index < -0.39 is 24.0 Å². The summed E-state index contributed by atoms with van der Waals surface area (Å²) in [5.41, 5.74) is 1.67. The first-order valence-electron chi connectivity index (χ1n) is 10.5. The van der Waals surface area contributed by atoms with Crippen LogP contribution in [0.5, 0.6) is 5.75 Å². The Morgan fingerprint density at radius 2 is 1.91 bits per heavy atom. The van der Waals surface area contributed by atoms with Crippen molar-refractivity contribution in [2.75, 3.05) is 0 Å². The van der Waals surface area contributed by atoms with E-state index in [1.807, 2.05) is 68.4 Å². The average molecular weight is 471 g/mol. The van der Waals surface area contributed by atoms with Gasteiger partial charge in [0.15, 0.2) is 0 Å². The van der Waals surface area contributed by atoms with E-state index in [1.54, 1.807) is 17.1 Å². The summed E-state index contributed by atoms with van der Waals surface area (Å²) in [6, 6.07) is 16.0. The fraction of sp³-hybridized carbons (Fsp3) is 0.292. The number of alkyl halides is 2. The molecule has 4 aromatic rings. The molecule has 9 heteroatoms. The number of benzene rings is 2. The molecular weight excluding hydrogens is 446 g/mol. The first-order valence-corrected chi connectivity index (χ1v) is 11.3. The molecule has 0 aliphatic carbocycles. The molecule has 6 nitrogen and oxygen atoms in total. The number of amides is 1. The molecule has 0 aliphatic rings. The Balaban J connectivity index is 1.68. The van der Waals surface area contributed by atoms with E-state index in [2.05, 4.69) is 14.8 Å². The number of rotatable bonds is 8. The van der Waals surface area contributed by atoms with Crippen LogP contribution in [0.15, 0.2) is 67.0 Å². The zero-order valence-electron chi connectivity index (χ0n) is 18.4. The van der Waals surface area contributed by atoms with Gasteiger partial charge in [0.1, 0.15) is 16.9 Å². The van der Waals surface area contributed by atoms with Gasteiger partial charge >= 0.3 is 5.92 Å². The minimum Gasteiger partial charge on any atom is -0.484 e. The molecule has 1 amide bonds. The summed E-state index contributed by atoms with van der Waals surface area (Å²) in [5, 5.41) is 8.69. The molecule has 0 bridgehead atoms. The number of carbonyl (C=O) groups excluding carboxylic acids is 1. The predicted molar refractivity (Wildman–Crippen MR) is 124 cm³/mol. The van der Waals surface area contributed by atoms with Gasteiger partial charge < -0.3 is 10.1 Å². The number of aromatic nitrogens is 3. The van der Waals surface area contributed by atoms with E-state index in [-0.39, 0.29) is 5.92 Å². The zero-order chi connectivity index (χ0) is 23.6. The topological polar surface area (TPSA) is 69.0 Å². The van der Waals surface area contributed by atoms with Crippen LogP contribution in [0, 0.1) is 5.92 Å². The second kappa shape index (κ2) is 9.27. The lowest BCUT2D eigenvalue weighted by Gasteiger charge is -2.32. The van der Waals surface area contributed by atoms with Gasteiger partial charge in [0.25, 0.3) is 5.91 Å². The molecule has 0 spiro atoms. The van der Waals surface area contributed by atoms with Crippen LogP contribution < -0.4 is 10.1 Å². The monoisotopic (exact) mass is 470 g/mol. The molecule has 4 rings (SSSR count).